The third-order valence-electron chi connectivity index (χ3n) is 2.46. The molecule has 90 valence electrons. The molecule has 0 radical (unpaired) electrons. The summed E-state index contributed by atoms with van der Waals surface area (Å²) in [5, 5.41) is 1.22. The van der Waals surface area contributed by atoms with Gasteiger partial charge in [0.25, 0.3) is 0 Å². The molecular formula is C10H22N2OS2. The molecule has 0 amide bonds. The molecule has 0 saturated carbocycles. The zero-order chi connectivity index (χ0) is 11.3. The smallest absolute Gasteiger partial charge is 0.0647 e. The zero-order valence-corrected chi connectivity index (χ0v) is 11.4. The van der Waals surface area contributed by atoms with E-state index in [9.17, 15) is 0 Å². The largest absolute Gasteiger partial charge is 0.377 e. The average Bonchev–Trinajstić information content (AvgIpc) is 2.21. The summed E-state index contributed by atoms with van der Waals surface area (Å²) in [5.41, 5.74) is 2.90. The predicted octanol–water partition coefficient (Wildman–Crippen LogP) is 1.48. The van der Waals surface area contributed by atoms with Crippen molar-refractivity contribution < 1.29 is 4.74 Å². The monoisotopic (exact) mass is 250 g/mol. The van der Waals surface area contributed by atoms with Gasteiger partial charge in [-0.05, 0) is 13.8 Å². The van der Waals surface area contributed by atoms with Crippen LogP contribution >= 0.6 is 23.5 Å². The normalized spacial score (nSPS) is 29.4. The average molecular weight is 250 g/mol. The van der Waals surface area contributed by atoms with Crippen molar-refractivity contribution in [2.75, 3.05) is 18.1 Å². The first-order valence-corrected chi connectivity index (χ1v) is 7.55. The number of ether oxygens (including phenoxy) is 1. The van der Waals surface area contributed by atoms with E-state index in [-0.39, 0.29) is 12.1 Å². The van der Waals surface area contributed by atoms with Crippen molar-refractivity contribution in [2.24, 2.45) is 5.84 Å². The third-order valence-corrected chi connectivity index (χ3v) is 5.71. The van der Waals surface area contributed by atoms with Gasteiger partial charge in [-0.15, -0.1) is 0 Å². The molecule has 0 bridgehead atoms. The first kappa shape index (κ1) is 13.6. The van der Waals surface area contributed by atoms with Crippen LogP contribution in [0.15, 0.2) is 0 Å². The van der Waals surface area contributed by atoms with Crippen LogP contribution in [0.5, 0.6) is 0 Å². The second-order valence-corrected chi connectivity index (χ2v) is 6.84. The Morgan fingerprint density at radius 2 is 2.07 bits per heavy atom. The third kappa shape index (κ3) is 4.53. The summed E-state index contributed by atoms with van der Waals surface area (Å²) in [4.78, 5) is 0. The molecule has 1 heterocycles. The van der Waals surface area contributed by atoms with Crippen molar-refractivity contribution >= 4 is 23.5 Å². The van der Waals surface area contributed by atoms with Crippen molar-refractivity contribution in [3.8, 4) is 0 Å². The van der Waals surface area contributed by atoms with Crippen LogP contribution in [0.1, 0.15) is 20.8 Å². The van der Waals surface area contributed by atoms with E-state index in [0.29, 0.717) is 17.1 Å². The van der Waals surface area contributed by atoms with Gasteiger partial charge in [-0.1, -0.05) is 6.92 Å². The number of thioether (sulfide) groups is 2. The van der Waals surface area contributed by atoms with Crippen molar-refractivity contribution in [1.82, 2.24) is 5.43 Å². The summed E-state index contributed by atoms with van der Waals surface area (Å²) < 4.78 is 5.63. The fraction of sp³-hybridized carbons (Fsp3) is 1.00. The molecule has 1 aliphatic heterocycles. The van der Waals surface area contributed by atoms with Gasteiger partial charge < -0.3 is 4.74 Å². The van der Waals surface area contributed by atoms with E-state index in [1.807, 2.05) is 23.5 Å². The molecule has 0 aliphatic carbocycles. The van der Waals surface area contributed by atoms with Crippen LogP contribution < -0.4 is 11.3 Å². The molecule has 3 nitrogen and oxygen atoms in total. The van der Waals surface area contributed by atoms with E-state index in [1.165, 1.54) is 11.5 Å². The SMILES string of the molecule is CC(C)OCC(NN)C1SCCSC1C. The van der Waals surface area contributed by atoms with Gasteiger partial charge in [-0.25, -0.2) is 0 Å². The summed E-state index contributed by atoms with van der Waals surface area (Å²) in [6.07, 6.45) is 0.275. The maximum atomic E-state index is 5.63. The van der Waals surface area contributed by atoms with Gasteiger partial charge in [0.15, 0.2) is 0 Å². The molecule has 1 aliphatic rings. The molecule has 0 aromatic rings. The maximum Gasteiger partial charge on any atom is 0.0647 e. The lowest BCUT2D eigenvalue weighted by molar-refractivity contribution is 0.0608. The molecule has 0 aromatic carbocycles. The Hall–Kier alpha value is 0.580. The molecule has 1 rings (SSSR count). The molecule has 1 fully saturated rings. The summed E-state index contributed by atoms with van der Waals surface area (Å²) >= 11 is 4.04. The van der Waals surface area contributed by atoms with Crippen molar-refractivity contribution in [1.29, 1.82) is 0 Å². The van der Waals surface area contributed by atoms with Crippen LogP contribution in [0.25, 0.3) is 0 Å². The fourth-order valence-corrected chi connectivity index (χ4v) is 4.55. The second-order valence-electron chi connectivity index (χ2n) is 4.07. The number of hydrazine groups is 1. The van der Waals surface area contributed by atoms with Gasteiger partial charge in [0.1, 0.15) is 0 Å². The van der Waals surface area contributed by atoms with Crippen molar-refractivity contribution in [3.05, 3.63) is 0 Å². The molecule has 3 atom stereocenters. The highest BCUT2D eigenvalue weighted by molar-refractivity contribution is 8.07. The van der Waals surface area contributed by atoms with E-state index < -0.39 is 0 Å². The summed E-state index contributed by atoms with van der Waals surface area (Å²) in [6.45, 7) is 7.09. The van der Waals surface area contributed by atoms with Crippen LogP contribution in [0.4, 0.5) is 0 Å². The number of nitrogens with two attached hydrogens (primary N) is 1. The van der Waals surface area contributed by atoms with Crippen LogP contribution in [0.3, 0.4) is 0 Å². The first-order chi connectivity index (χ1) is 7.15. The fourth-order valence-electron chi connectivity index (χ4n) is 1.63. The van der Waals surface area contributed by atoms with E-state index in [2.05, 4.69) is 26.2 Å². The number of nitrogens with one attached hydrogen (secondary N) is 1. The predicted molar refractivity (Wildman–Crippen MR) is 70.4 cm³/mol. The number of hydrogen-bond acceptors (Lipinski definition) is 5. The van der Waals surface area contributed by atoms with E-state index in [4.69, 9.17) is 10.6 Å². The molecule has 5 heteroatoms. The lowest BCUT2D eigenvalue weighted by Gasteiger charge is -2.34. The van der Waals surface area contributed by atoms with Gasteiger partial charge >= 0.3 is 0 Å². The van der Waals surface area contributed by atoms with Crippen LogP contribution in [-0.2, 0) is 4.74 Å². The minimum Gasteiger partial charge on any atom is -0.377 e. The molecule has 15 heavy (non-hydrogen) atoms. The minimum absolute atomic E-state index is 0.264. The standard InChI is InChI=1S/C10H22N2OS2/c1-7(2)13-6-9(12-11)10-8(3)14-4-5-15-10/h7-10,12H,4-6,11H2,1-3H3. The maximum absolute atomic E-state index is 5.63. The summed E-state index contributed by atoms with van der Waals surface area (Å²) in [5.74, 6) is 8.08. The molecule has 3 unspecified atom stereocenters. The van der Waals surface area contributed by atoms with E-state index in [0.717, 1.165) is 0 Å². The lowest BCUT2D eigenvalue weighted by Crippen LogP contribution is -2.50. The Kier molecular flexibility index (Phi) is 6.38. The summed E-state index contributed by atoms with van der Waals surface area (Å²) in [7, 11) is 0. The lowest BCUT2D eigenvalue weighted by atomic mass is 10.2. The quantitative estimate of drug-likeness (QED) is 0.572. The van der Waals surface area contributed by atoms with Crippen LogP contribution in [0, 0.1) is 0 Å². The number of hydrogen-bond donors (Lipinski definition) is 2. The highest BCUT2D eigenvalue weighted by Gasteiger charge is 2.29. The van der Waals surface area contributed by atoms with E-state index in [1.54, 1.807) is 0 Å². The van der Waals surface area contributed by atoms with Gasteiger partial charge in [-0.3, -0.25) is 11.3 Å². The Morgan fingerprint density at radius 1 is 1.40 bits per heavy atom. The highest BCUT2D eigenvalue weighted by atomic mass is 32.2. The molecule has 3 N–H and O–H groups in total. The zero-order valence-electron chi connectivity index (χ0n) is 9.73. The van der Waals surface area contributed by atoms with Gasteiger partial charge in [0.05, 0.1) is 18.8 Å². The first-order valence-electron chi connectivity index (χ1n) is 5.46. The van der Waals surface area contributed by atoms with Crippen LogP contribution in [-0.4, -0.2) is 40.8 Å². The van der Waals surface area contributed by atoms with Crippen molar-refractivity contribution in [2.45, 2.75) is 43.4 Å². The second kappa shape index (κ2) is 7.01. The van der Waals surface area contributed by atoms with Crippen LogP contribution in [0.2, 0.25) is 0 Å². The van der Waals surface area contributed by atoms with Gasteiger partial charge in [-0.2, -0.15) is 23.5 Å². The molecule has 0 spiro atoms. The van der Waals surface area contributed by atoms with Crippen molar-refractivity contribution in [3.63, 3.8) is 0 Å². The Balaban J connectivity index is 2.41. The Labute approximate surface area is 101 Å². The highest BCUT2D eigenvalue weighted by Crippen LogP contribution is 2.32. The molecule has 0 aromatic heterocycles. The van der Waals surface area contributed by atoms with Gasteiger partial charge in [0.2, 0.25) is 0 Å². The minimum atomic E-state index is 0.264. The topological polar surface area (TPSA) is 47.3 Å². The Morgan fingerprint density at radius 3 is 2.60 bits per heavy atom. The molecule has 1 saturated heterocycles. The summed E-state index contributed by atoms with van der Waals surface area (Å²) in [6, 6.07) is 0.264. The van der Waals surface area contributed by atoms with Gasteiger partial charge in [0, 0.05) is 22.0 Å². The van der Waals surface area contributed by atoms with E-state index >= 15 is 0 Å². The Bertz CT molecular complexity index is 181. The number of rotatable bonds is 5. The molecular weight excluding hydrogens is 228 g/mol.